The van der Waals surface area contributed by atoms with Crippen molar-refractivity contribution in [2.24, 2.45) is 0 Å². The van der Waals surface area contributed by atoms with E-state index in [1.54, 1.807) is 0 Å². The van der Waals surface area contributed by atoms with E-state index in [0.29, 0.717) is 0 Å². The molecular formula is C36H77NO. The van der Waals surface area contributed by atoms with Gasteiger partial charge < -0.3 is 10.4 Å². The van der Waals surface area contributed by atoms with Crippen molar-refractivity contribution in [1.29, 1.82) is 0 Å². The molecule has 0 bridgehead atoms. The highest BCUT2D eigenvalue weighted by atomic mass is 16.0. The molecule has 0 saturated heterocycles. The molecule has 0 amide bonds. The molecule has 0 radical (unpaired) electrons. The van der Waals surface area contributed by atoms with Crippen molar-refractivity contribution in [2.75, 3.05) is 19.6 Å². The van der Waals surface area contributed by atoms with Crippen LogP contribution in [0, 0.1) is 0 Å². The zero-order chi connectivity index (χ0) is 26.9. The van der Waals surface area contributed by atoms with Gasteiger partial charge in [0, 0.05) is 0 Å². The fraction of sp³-hybridized carbons (Fsp3) is 1.00. The number of hydrogen-bond acceptors (Lipinski definition) is 1. The predicted molar refractivity (Wildman–Crippen MR) is 176 cm³/mol. The van der Waals surface area contributed by atoms with Crippen LogP contribution >= 0.6 is 0 Å². The van der Waals surface area contributed by atoms with Gasteiger partial charge in [-0.3, -0.25) is 0 Å². The van der Waals surface area contributed by atoms with Crippen molar-refractivity contribution in [3.8, 4) is 0 Å². The van der Waals surface area contributed by atoms with E-state index >= 15 is 0 Å². The molecule has 0 aromatic heterocycles. The van der Waals surface area contributed by atoms with E-state index in [1.165, 1.54) is 212 Å². The van der Waals surface area contributed by atoms with Crippen molar-refractivity contribution in [1.82, 2.24) is 4.90 Å². The standard InChI is InChI=1S/C36H75N.H2O/c1-4-7-10-13-16-19-22-25-28-31-34-37(35-32-29-26-23-20-17-14-11-8-5-2)36-33-30-27-24-21-18-15-12-9-6-3;/h4-36H2,1-3H3;1H2. The first kappa shape index (κ1) is 40.1. The second-order valence-corrected chi connectivity index (χ2v) is 12.4. The zero-order valence-electron chi connectivity index (χ0n) is 27.3. The van der Waals surface area contributed by atoms with Gasteiger partial charge in [0.2, 0.25) is 0 Å². The molecule has 0 saturated carbocycles. The third kappa shape index (κ3) is 33.9. The maximum atomic E-state index is 2.85. The molecule has 0 fully saturated rings. The quantitative estimate of drug-likeness (QED) is 0.0763. The van der Waals surface area contributed by atoms with Gasteiger partial charge in [-0.25, -0.2) is 0 Å². The van der Waals surface area contributed by atoms with E-state index < -0.39 is 0 Å². The van der Waals surface area contributed by atoms with E-state index in [9.17, 15) is 0 Å². The largest absolute Gasteiger partial charge is 0.412 e. The molecule has 0 atom stereocenters. The van der Waals surface area contributed by atoms with Crippen LogP contribution in [0.25, 0.3) is 0 Å². The van der Waals surface area contributed by atoms with Gasteiger partial charge in [-0.1, -0.05) is 194 Å². The van der Waals surface area contributed by atoms with E-state index in [2.05, 4.69) is 25.7 Å². The Kier molecular flexibility index (Phi) is 38.9. The third-order valence-electron chi connectivity index (χ3n) is 8.48. The molecule has 0 rings (SSSR count). The first-order valence-corrected chi connectivity index (χ1v) is 18.1. The predicted octanol–water partition coefficient (Wildman–Crippen LogP) is 12.2. The Morgan fingerprint density at radius 3 is 0.579 bits per heavy atom. The number of rotatable bonds is 33. The Bertz CT molecular complexity index is 328. The Hall–Kier alpha value is -0.0800. The summed E-state index contributed by atoms with van der Waals surface area (Å²) in [5.74, 6) is 0. The van der Waals surface area contributed by atoms with Gasteiger partial charge in [0.15, 0.2) is 0 Å². The second-order valence-electron chi connectivity index (χ2n) is 12.4. The summed E-state index contributed by atoms with van der Waals surface area (Å²) < 4.78 is 0. The molecule has 38 heavy (non-hydrogen) atoms. The van der Waals surface area contributed by atoms with Crippen molar-refractivity contribution in [3.05, 3.63) is 0 Å². The Morgan fingerprint density at radius 1 is 0.237 bits per heavy atom. The summed E-state index contributed by atoms with van der Waals surface area (Å²) in [6.07, 6.45) is 43.6. The third-order valence-corrected chi connectivity index (χ3v) is 8.48. The van der Waals surface area contributed by atoms with Gasteiger partial charge in [0.1, 0.15) is 0 Å². The summed E-state index contributed by atoms with van der Waals surface area (Å²) in [4.78, 5) is 2.85. The first-order valence-electron chi connectivity index (χ1n) is 18.1. The molecular weight excluding hydrogens is 462 g/mol. The summed E-state index contributed by atoms with van der Waals surface area (Å²) in [6.45, 7) is 11.0. The molecule has 0 spiro atoms. The first-order chi connectivity index (χ1) is 18.3. The minimum Gasteiger partial charge on any atom is -0.412 e. The van der Waals surface area contributed by atoms with Crippen LogP contribution in [-0.4, -0.2) is 30.0 Å². The van der Waals surface area contributed by atoms with Crippen LogP contribution in [-0.2, 0) is 0 Å². The van der Waals surface area contributed by atoms with Crippen molar-refractivity contribution in [3.63, 3.8) is 0 Å². The van der Waals surface area contributed by atoms with Gasteiger partial charge in [0.05, 0.1) is 0 Å². The molecule has 2 N–H and O–H groups in total. The lowest BCUT2D eigenvalue weighted by atomic mass is 10.1. The average molecular weight is 540 g/mol. The molecule has 0 aliphatic heterocycles. The van der Waals surface area contributed by atoms with E-state index in [1.807, 2.05) is 0 Å². The van der Waals surface area contributed by atoms with Crippen LogP contribution < -0.4 is 0 Å². The zero-order valence-corrected chi connectivity index (χ0v) is 27.3. The molecule has 2 nitrogen and oxygen atoms in total. The maximum Gasteiger partial charge on any atom is -0.00187 e. The van der Waals surface area contributed by atoms with Crippen molar-refractivity contribution < 1.29 is 5.48 Å². The summed E-state index contributed by atoms with van der Waals surface area (Å²) >= 11 is 0. The van der Waals surface area contributed by atoms with Crippen LogP contribution in [0.1, 0.15) is 213 Å². The van der Waals surface area contributed by atoms with E-state index in [-0.39, 0.29) is 5.48 Å². The van der Waals surface area contributed by atoms with Gasteiger partial charge in [-0.05, 0) is 38.9 Å². The normalized spacial score (nSPS) is 11.4. The van der Waals surface area contributed by atoms with Gasteiger partial charge in [0.25, 0.3) is 0 Å². The van der Waals surface area contributed by atoms with Crippen LogP contribution in [0.2, 0.25) is 0 Å². The molecule has 0 aromatic carbocycles. The van der Waals surface area contributed by atoms with Gasteiger partial charge >= 0.3 is 0 Å². The average Bonchev–Trinajstić information content (AvgIpc) is 2.91. The van der Waals surface area contributed by atoms with Crippen molar-refractivity contribution in [2.45, 2.75) is 213 Å². The topological polar surface area (TPSA) is 34.7 Å². The summed E-state index contributed by atoms with van der Waals surface area (Å²) in [6, 6.07) is 0. The smallest absolute Gasteiger partial charge is 0.00187 e. The Balaban J connectivity index is 0. The number of nitrogens with zero attached hydrogens (tertiary/aromatic N) is 1. The Morgan fingerprint density at radius 2 is 0.395 bits per heavy atom. The second kappa shape index (κ2) is 36.9. The molecule has 2 heteroatoms. The number of hydrogen-bond donors (Lipinski definition) is 0. The minimum atomic E-state index is 0. The van der Waals surface area contributed by atoms with E-state index in [0.717, 1.165) is 0 Å². The number of unbranched alkanes of at least 4 members (excludes halogenated alkanes) is 27. The minimum absolute atomic E-state index is 0. The molecule has 0 aliphatic rings. The van der Waals surface area contributed by atoms with Crippen LogP contribution in [0.5, 0.6) is 0 Å². The van der Waals surface area contributed by atoms with Crippen LogP contribution in [0.4, 0.5) is 0 Å². The molecule has 0 aliphatic carbocycles. The fourth-order valence-electron chi connectivity index (χ4n) is 5.80. The lowest BCUT2D eigenvalue weighted by molar-refractivity contribution is 0.254. The summed E-state index contributed by atoms with van der Waals surface area (Å²) in [5, 5.41) is 0. The molecule has 0 unspecified atom stereocenters. The fourth-order valence-corrected chi connectivity index (χ4v) is 5.80. The van der Waals surface area contributed by atoms with Gasteiger partial charge in [-0.2, -0.15) is 0 Å². The van der Waals surface area contributed by atoms with Crippen LogP contribution in [0.3, 0.4) is 0 Å². The highest BCUT2D eigenvalue weighted by Gasteiger charge is 2.05. The van der Waals surface area contributed by atoms with Crippen molar-refractivity contribution >= 4 is 0 Å². The lowest BCUT2D eigenvalue weighted by Gasteiger charge is -2.22. The molecule has 232 valence electrons. The summed E-state index contributed by atoms with van der Waals surface area (Å²) in [5.41, 5.74) is 0. The lowest BCUT2D eigenvalue weighted by Crippen LogP contribution is -2.27. The highest BCUT2D eigenvalue weighted by molar-refractivity contribution is 4.61. The maximum absolute atomic E-state index is 2.85. The molecule has 0 aromatic rings. The monoisotopic (exact) mass is 540 g/mol. The Labute approximate surface area is 243 Å². The SMILES string of the molecule is CCCCCCCCCCCCN(CCCCCCCCCCCC)CCCCCCCCCCCC.O. The van der Waals surface area contributed by atoms with E-state index in [4.69, 9.17) is 0 Å². The summed E-state index contributed by atoms with van der Waals surface area (Å²) in [7, 11) is 0. The van der Waals surface area contributed by atoms with Gasteiger partial charge in [-0.15, -0.1) is 0 Å². The molecule has 0 heterocycles. The highest BCUT2D eigenvalue weighted by Crippen LogP contribution is 2.14. The van der Waals surface area contributed by atoms with Crippen LogP contribution in [0.15, 0.2) is 0 Å².